The van der Waals surface area contributed by atoms with Crippen LogP contribution in [0.4, 0.5) is 0 Å². The maximum atomic E-state index is 12.0. The zero-order chi connectivity index (χ0) is 16.2. The molecule has 6 heteroatoms. The molecule has 124 valence electrons. The molecular formula is C18H17NO5. The second-order valence-electron chi connectivity index (χ2n) is 4.82. The van der Waals surface area contributed by atoms with Crippen molar-refractivity contribution < 1.29 is 24.5 Å². The van der Waals surface area contributed by atoms with E-state index in [1.807, 2.05) is 36.4 Å². The molecule has 0 fully saturated rings. The Morgan fingerprint density at radius 2 is 1.71 bits per heavy atom. The number of carbonyl (C=O) groups is 1. The molecule has 0 unspecified atom stereocenters. The molecule has 6 nitrogen and oxygen atoms in total. The zero-order valence-electron chi connectivity index (χ0n) is 13.3. The highest BCUT2D eigenvalue weighted by Gasteiger charge is 2.24. The largest absolute Gasteiger partial charge is 0.493 e. The molecule has 2 aromatic carbocycles. The SMILES string of the molecule is COc1ccc(/C=C2\N=C(c3ccccc3)OC2=O)cc1OC.O. The van der Waals surface area contributed by atoms with E-state index < -0.39 is 5.97 Å². The predicted octanol–water partition coefficient (Wildman–Crippen LogP) is 2.22. The van der Waals surface area contributed by atoms with Gasteiger partial charge in [-0.3, -0.25) is 0 Å². The van der Waals surface area contributed by atoms with Crippen LogP contribution < -0.4 is 9.47 Å². The summed E-state index contributed by atoms with van der Waals surface area (Å²) in [6, 6.07) is 14.7. The normalized spacial score (nSPS) is 14.7. The molecule has 0 bridgehead atoms. The summed E-state index contributed by atoms with van der Waals surface area (Å²) >= 11 is 0. The van der Waals surface area contributed by atoms with Crippen LogP contribution in [-0.4, -0.2) is 31.6 Å². The van der Waals surface area contributed by atoms with Crippen molar-refractivity contribution in [2.75, 3.05) is 14.2 Å². The Balaban J connectivity index is 0.00000208. The van der Waals surface area contributed by atoms with Gasteiger partial charge >= 0.3 is 5.97 Å². The molecule has 1 heterocycles. The molecule has 0 amide bonds. The average molecular weight is 327 g/mol. The number of aliphatic imine (C=N–C) groups is 1. The summed E-state index contributed by atoms with van der Waals surface area (Å²) in [5.41, 5.74) is 1.78. The number of benzene rings is 2. The number of hydrogen-bond acceptors (Lipinski definition) is 5. The van der Waals surface area contributed by atoms with E-state index in [4.69, 9.17) is 14.2 Å². The lowest BCUT2D eigenvalue weighted by Gasteiger charge is -2.07. The first-order chi connectivity index (χ1) is 11.2. The van der Waals surface area contributed by atoms with Gasteiger partial charge < -0.3 is 19.7 Å². The van der Waals surface area contributed by atoms with Gasteiger partial charge in [0.2, 0.25) is 5.90 Å². The Kier molecular flexibility index (Phi) is 5.34. The van der Waals surface area contributed by atoms with Gasteiger partial charge in [0.25, 0.3) is 0 Å². The molecule has 0 atom stereocenters. The lowest BCUT2D eigenvalue weighted by Crippen LogP contribution is -2.04. The molecule has 3 rings (SSSR count). The van der Waals surface area contributed by atoms with Gasteiger partial charge in [-0.05, 0) is 35.9 Å². The van der Waals surface area contributed by atoms with Crippen LogP contribution in [0.3, 0.4) is 0 Å². The highest BCUT2D eigenvalue weighted by Crippen LogP contribution is 2.29. The fourth-order valence-electron chi connectivity index (χ4n) is 2.21. The molecule has 0 saturated heterocycles. The van der Waals surface area contributed by atoms with Crippen molar-refractivity contribution in [1.82, 2.24) is 0 Å². The molecule has 0 spiro atoms. The van der Waals surface area contributed by atoms with E-state index in [0.29, 0.717) is 17.4 Å². The van der Waals surface area contributed by atoms with Gasteiger partial charge in [0.1, 0.15) is 0 Å². The number of nitrogens with zero attached hydrogens (tertiary/aromatic N) is 1. The van der Waals surface area contributed by atoms with Crippen molar-refractivity contribution >= 4 is 17.9 Å². The Labute approximate surface area is 139 Å². The van der Waals surface area contributed by atoms with E-state index in [9.17, 15) is 4.79 Å². The van der Waals surface area contributed by atoms with E-state index in [-0.39, 0.29) is 11.2 Å². The van der Waals surface area contributed by atoms with Crippen LogP contribution in [0.2, 0.25) is 0 Å². The molecule has 2 N–H and O–H groups in total. The maximum absolute atomic E-state index is 12.0. The number of cyclic esters (lactones) is 1. The monoisotopic (exact) mass is 327 g/mol. The third-order valence-electron chi connectivity index (χ3n) is 3.35. The van der Waals surface area contributed by atoms with Crippen LogP contribution in [0.15, 0.2) is 59.2 Å². The van der Waals surface area contributed by atoms with Crippen LogP contribution in [0.1, 0.15) is 11.1 Å². The van der Waals surface area contributed by atoms with Crippen molar-refractivity contribution in [3.63, 3.8) is 0 Å². The summed E-state index contributed by atoms with van der Waals surface area (Å²) in [6.45, 7) is 0. The molecule has 1 aliphatic heterocycles. The number of carbonyl (C=O) groups excluding carboxylic acids is 1. The maximum Gasteiger partial charge on any atom is 0.363 e. The van der Waals surface area contributed by atoms with Gasteiger partial charge in [0.05, 0.1) is 14.2 Å². The Morgan fingerprint density at radius 3 is 2.38 bits per heavy atom. The van der Waals surface area contributed by atoms with Crippen molar-refractivity contribution in [2.45, 2.75) is 0 Å². The Hall–Kier alpha value is -3.12. The molecule has 0 aliphatic carbocycles. The summed E-state index contributed by atoms with van der Waals surface area (Å²) in [6.07, 6.45) is 1.65. The highest BCUT2D eigenvalue weighted by atomic mass is 16.6. The smallest absolute Gasteiger partial charge is 0.363 e. The number of ether oxygens (including phenoxy) is 3. The van der Waals surface area contributed by atoms with Crippen LogP contribution in [0.25, 0.3) is 6.08 Å². The van der Waals surface area contributed by atoms with E-state index in [1.165, 1.54) is 0 Å². The van der Waals surface area contributed by atoms with Crippen LogP contribution in [0, 0.1) is 0 Å². The van der Waals surface area contributed by atoms with Crippen molar-refractivity contribution in [2.24, 2.45) is 4.99 Å². The molecule has 0 saturated carbocycles. The first-order valence-corrected chi connectivity index (χ1v) is 7.01. The van der Waals surface area contributed by atoms with Gasteiger partial charge in [-0.1, -0.05) is 24.3 Å². The van der Waals surface area contributed by atoms with Gasteiger partial charge in [0, 0.05) is 5.56 Å². The topological polar surface area (TPSA) is 88.6 Å². The standard InChI is InChI=1S/C18H15NO4.H2O/c1-21-15-9-8-12(11-16(15)22-2)10-14-18(20)23-17(19-14)13-6-4-3-5-7-13;/h3-11H,1-2H3;1H2/b14-10-;. The number of esters is 1. The summed E-state index contributed by atoms with van der Waals surface area (Å²) in [5.74, 6) is 1.04. The second-order valence-corrected chi connectivity index (χ2v) is 4.82. The van der Waals surface area contributed by atoms with E-state index >= 15 is 0 Å². The van der Waals surface area contributed by atoms with Crippen molar-refractivity contribution in [1.29, 1.82) is 0 Å². The zero-order valence-corrected chi connectivity index (χ0v) is 13.3. The summed E-state index contributed by atoms with van der Waals surface area (Å²) in [4.78, 5) is 16.2. The molecule has 1 aliphatic rings. The molecule has 0 aromatic heterocycles. The van der Waals surface area contributed by atoms with E-state index in [2.05, 4.69) is 4.99 Å². The molecule has 24 heavy (non-hydrogen) atoms. The predicted molar refractivity (Wildman–Crippen MR) is 90.2 cm³/mol. The van der Waals surface area contributed by atoms with Gasteiger partial charge in [-0.15, -0.1) is 0 Å². The van der Waals surface area contributed by atoms with E-state index in [0.717, 1.165) is 11.1 Å². The minimum absolute atomic E-state index is 0. The molecule has 0 radical (unpaired) electrons. The Bertz CT molecular complexity index is 796. The van der Waals surface area contributed by atoms with Gasteiger partial charge in [-0.25, -0.2) is 9.79 Å². The van der Waals surface area contributed by atoms with Crippen LogP contribution in [-0.2, 0) is 9.53 Å². The minimum atomic E-state index is -0.473. The average Bonchev–Trinajstić information content (AvgIpc) is 2.96. The second kappa shape index (κ2) is 7.43. The fourth-order valence-corrected chi connectivity index (χ4v) is 2.21. The minimum Gasteiger partial charge on any atom is -0.493 e. The number of rotatable bonds is 4. The first-order valence-electron chi connectivity index (χ1n) is 7.01. The summed E-state index contributed by atoms with van der Waals surface area (Å²) in [7, 11) is 3.13. The summed E-state index contributed by atoms with van der Waals surface area (Å²) in [5, 5.41) is 0. The molecule has 2 aromatic rings. The third kappa shape index (κ3) is 3.44. The van der Waals surface area contributed by atoms with E-state index in [1.54, 1.807) is 32.4 Å². The lowest BCUT2D eigenvalue weighted by atomic mass is 10.1. The van der Waals surface area contributed by atoms with Crippen LogP contribution >= 0.6 is 0 Å². The lowest BCUT2D eigenvalue weighted by molar-refractivity contribution is -0.129. The Morgan fingerprint density at radius 1 is 1.00 bits per heavy atom. The quantitative estimate of drug-likeness (QED) is 0.636. The third-order valence-corrected chi connectivity index (χ3v) is 3.35. The van der Waals surface area contributed by atoms with Gasteiger partial charge in [0.15, 0.2) is 17.2 Å². The number of methoxy groups -OCH3 is 2. The molecular weight excluding hydrogens is 310 g/mol. The highest BCUT2D eigenvalue weighted by molar-refractivity contribution is 6.12. The number of hydrogen-bond donors (Lipinski definition) is 0. The fraction of sp³-hybridized carbons (Fsp3) is 0.111. The van der Waals surface area contributed by atoms with Crippen molar-refractivity contribution in [3.05, 3.63) is 65.4 Å². The summed E-state index contributed by atoms with van der Waals surface area (Å²) < 4.78 is 15.7. The van der Waals surface area contributed by atoms with Crippen LogP contribution in [0.5, 0.6) is 11.5 Å². The van der Waals surface area contributed by atoms with Gasteiger partial charge in [-0.2, -0.15) is 0 Å². The van der Waals surface area contributed by atoms with Crippen molar-refractivity contribution in [3.8, 4) is 11.5 Å². The first kappa shape index (κ1) is 17.2.